The Kier molecular flexibility index (Phi) is 5.89. The van der Waals surface area contributed by atoms with Gasteiger partial charge in [0, 0.05) is 49.7 Å². The van der Waals surface area contributed by atoms with Crippen molar-refractivity contribution in [1.82, 2.24) is 20.1 Å². The van der Waals surface area contributed by atoms with Crippen molar-refractivity contribution in [3.63, 3.8) is 0 Å². The SMILES string of the molecule is CCc1cc(C(=O)NC2CCN(C(=O)N3CCCCC3)CC2)ccn1. The van der Waals surface area contributed by atoms with Crippen LogP contribution >= 0.6 is 0 Å². The first-order valence-corrected chi connectivity index (χ1v) is 9.47. The maximum absolute atomic E-state index is 12.5. The molecule has 2 fully saturated rings. The van der Waals surface area contributed by atoms with Crippen molar-refractivity contribution in [2.24, 2.45) is 0 Å². The maximum Gasteiger partial charge on any atom is 0.319 e. The van der Waals surface area contributed by atoms with Gasteiger partial charge in [-0.3, -0.25) is 9.78 Å². The maximum atomic E-state index is 12.5. The Morgan fingerprint density at radius 3 is 2.48 bits per heavy atom. The largest absolute Gasteiger partial charge is 0.349 e. The van der Waals surface area contributed by atoms with Crippen LogP contribution in [0.2, 0.25) is 0 Å². The molecule has 6 nitrogen and oxygen atoms in total. The highest BCUT2D eigenvalue weighted by molar-refractivity contribution is 5.94. The van der Waals surface area contributed by atoms with E-state index < -0.39 is 0 Å². The average Bonchev–Trinajstić information content (AvgIpc) is 2.68. The molecule has 6 heteroatoms. The van der Waals surface area contributed by atoms with Crippen molar-refractivity contribution in [3.8, 4) is 0 Å². The predicted molar refractivity (Wildman–Crippen MR) is 96.5 cm³/mol. The van der Waals surface area contributed by atoms with Crippen LogP contribution in [0.5, 0.6) is 0 Å². The smallest absolute Gasteiger partial charge is 0.319 e. The van der Waals surface area contributed by atoms with Gasteiger partial charge in [0.1, 0.15) is 0 Å². The third-order valence-corrected chi connectivity index (χ3v) is 5.17. The predicted octanol–water partition coefficient (Wildman–Crippen LogP) is 2.44. The highest BCUT2D eigenvalue weighted by atomic mass is 16.2. The molecule has 0 radical (unpaired) electrons. The van der Waals surface area contributed by atoms with Gasteiger partial charge >= 0.3 is 6.03 Å². The number of carbonyl (C=O) groups is 2. The standard InChI is InChI=1S/C19H28N4O2/c1-2-16-14-15(6-9-20-16)18(24)21-17-7-12-23(13-8-17)19(25)22-10-4-3-5-11-22/h6,9,14,17H,2-5,7-8,10-13H2,1H3,(H,21,24). The van der Waals surface area contributed by atoms with E-state index in [4.69, 9.17) is 0 Å². The number of rotatable bonds is 3. The molecule has 0 bridgehead atoms. The van der Waals surface area contributed by atoms with Gasteiger partial charge in [-0.25, -0.2) is 4.79 Å². The fourth-order valence-corrected chi connectivity index (χ4v) is 3.58. The van der Waals surface area contributed by atoms with Crippen molar-refractivity contribution < 1.29 is 9.59 Å². The Bertz CT molecular complexity index is 605. The van der Waals surface area contributed by atoms with Gasteiger partial charge in [-0.05, 0) is 50.7 Å². The summed E-state index contributed by atoms with van der Waals surface area (Å²) in [7, 11) is 0. The minimum Gasteiger partial charge on any atom is -0.349 e. The molecule has 2 aliphatic heterocycles. The average molecular weight is 344 g/mol. The summed E-state index contributed by atoms with van der Waals surface area (Å²) < 4.78 is 0. The summed E-state index contributed by atoms with van der Waals surface area (Å²) in [5.41, 5.74) is 1.59. The molecular weight excluding hydrogens is 316 g/mol. The second kappa shape index (κ2) is 8.32. The topological polar surface area (TPSA) is 65.5 Å². The number of pyridine rings is 1. The van der Waals surface area contributed by atoms with E-state index in [1.54, 1.807) is 12.3 Å². The van der Waals surface area contributed by atoms with Gasteiger partial charge in [0.15, 0.2) is 0 Å². The molecule has 0 spiro atoms. The van der Waals surface area contributed by atoms with Gasteiger partial charge in [-0.15, -0.1) is 0 Å². The van der Waals surface area contributed by atoms with Crippen LogP contribution in [0.4, 0.5) is 4.79 Å². The van der Waals surface area contributed by atoms with Crippen LogP contribution in [-0.4, -0.2) is 58.9 Å². The van der Waals surface area contributed by atoms with Crippen molar-refractivity contribution in [2.45, 2.75) is 51.5 Å². The van der Waals surface area contributed by atoms with E-state index in [2.05, 4.69) is 10.3 Å². The van der Waals surface area contributed by atoms with E-state index in [1.807, 2.05) is 22.8 Å². The molecule has 25 heavy (non-hydrogen) atoms. The number of carbonyl (C=O) groups excluding carboxylic acids is 2. The fourth-order valence-electron chi connectivity index (χ4n) is 3.58. The lowest BCUT2D eigenvalue weighted by atomic mass is 10.0. The minimum atomic E-state index is -0.0436. The van der Waals surface area contributed by atoms with E-state index >= 15 is 0 Å². The van der Waals surface area contributed by atoms with Crippen LogP contribution in [0.3, 0.4) is 0 Å². The zero-order valence-electron chi connectivity index (χ0n) is 15.0. The lowest BCUT2D eigenvalue weighted by molar-refractivity contribution is 0.0908. The zero-order chi connectivity index (χ0) is 17.6. The van der Waals surface area contributed by atoms with Crippen LogP contribution in [0, 0.1) is 0 Å². The van der Waals surface area contributed by atoms with Gasteiger partial charge in [-0.2, -0.15) is 0 Å². The molecule has 0 aliphatic carbocycles. The van der Waals surface area contributed by atoms with E-state index in [9.17, 15) is 9.59 Å². The van der Waals surface area contributed by atoms with Crippen LogP contribution in [-0.2, 0) is 6.42 Å². The second-order valence-corrected chi connectivity index (χ2v) is 6.95. The van der Waals surface area contributed by atoms with Crippen LogP contribution in [0.1, 0.15) is 55.1 Å². The van der Waals surface area contributed by atoms with Crippen molar-refractivity contribution >= 4 is 11.9 Å². The van der Waals surface area contributed by atoms with Crippen molar-refractivity contribution in [1.29, 1.82) is 0 Å². The second-order valence-electron chi connectivity index (χ2n) is 6.95. The highest BCUT2D eigenvalue weighted by Gasteiger charge is 2.27. The monoisotopic (exact) mass is 344 g/mol. The number of likely N-dealkylation sites (tertiary alicyclic amines) is 2. The van der Waals surface area contributed by atoms with Gasteiger partial charge in [0.05, 0.1) is 0 Å². The molecule has 1 aromatic rings. The third-order valence-electron chi connectivity index (χ3n) is 5.17. The number of nitrogens with one attached hydrogen (secondary N) is 1. The molecule has 2 aliphatic rings. The number of hydrogen-bond donors (Lipinski definition) is 1. The molecule has 1 aromatic heterocycles. The number of aryl methyl sites for hydroxylation is 1. The Balaban J connectivity index is 1.48. The van der Waals surface area contributed by atoms with E-state index in [0.717, 1.165) is 64.0 Å². The Hall–Kier alpha value is -2.11. The van der Waals surface area contributed by atoms with Crippen LogP contribution in [0.25, 0.3) is 0 Å². The number of nitrogens with zero attached hydrogens (tertiary/aromatic N) is 3. The highest BCUT2D eigenvalue weighted by Crippen LogP contribution is 2.16. The van der Waals surface area contributed by atoms with Crippen molar-refractivity contribution in [3.05, 3.63) is 29.6 Å². The first-order chi connectivity index (χ1) is 12.2. The first kappa shape index (κ1) is 17.7. The van der Waals surface area contributed by atoms with E-state index in [1.165, 1.54) is 6.42 Å². The summed E-state index contributed by atoms with van der Waals surface area (Å²) in [6.07, 6.45) is 7.60. The summed E-state index contributed by atoms with van der Waals surface area (Å²) in [5.74, 6) is -0.0436. The molecule has 3 heterocycles. The molecule has 3 rings (SSSR count). The first-order valence-electron chi connectivity index (χ1n) is 9.47. The molecule has 3 amide bonds. The molecule has 1 N–H and O–H groups in total. The fraction of sp³-hybridized carbons (Fsp3) is 0.632. The van der Waals surface area contributed by atoms with Gasteiger partial charge in [0.25, 0.3) is 5.91 Å². The lowest BCUT2D eigenvalue weighted by Gasteiger charge is -2.37. The van der Waals surface area contributed by atoms with E-state index in [0.29, 0.717) is 5.56 Å². The molecule has 0 aromatic carbocycles. The number of aromatic nitrogens is 1. The van der Waals surface area contributed by atoms with Gasteiger partial charge < -0.3 is 15.1 Å². The molecule has 2 saturated heterocycles. The molecule has 0 saturated carbocycles. The Labute approximate surface area is 149 Å². The number of hydrogen-bond acceptors (Lipinski definition) is 3. The zero-order valence-corrected chi connectivity index (χ0v) is 15.0. The Morgan fingerprint density at radius 1 is 1.12 bits per heavy atom. The van der Waals surface area contributed by atoms with Gasteiger partial charge in [0.2, 0.25) is 0 Å². The number of urea groups is 1. The van der Waals surface area contributed by atoms with Crippen LogP contribution < -0.4 is 5.32 Å². The molecule has 136 valence electrons. The summed E-state index contributed by atoms with van der Waals surface area (Å²) >= 11 is 0. The Morgan fingerprint density at radius 2 is 1.80 bits per heavy atom. The van der Waals surface area contributed by atoms with E-state index in [-0.39, 0.29) is 18.0 Å². The number of amides is 3. The molecule has 0 atom stereocenters. The summed E-state index contributed by atoms with van der Waals surface area (Å²) in [5, 5.41) is 3.11. The third kappa shape index (κ3) is 4.50. The van der Waals surface area contributed by atoms with Crippen molar-refractivity contribution in [2.75, 3.05) is 26.2 Å². The minimum absolute atomic E-state index is 0.0436. The summed E-state index contributed by atoms with van der Waals surface area (Å²) in [6, 6.07) is 3.91. The van der Waals surface area contributed by atoms with Gasteiger partial charge in [-0.1, -0.05) is 6.92 Å². The summed E-state index contributed by atoms with van der Waals surface area (Å²) in [6.45, 7) is 5.24. The number of piperidine rings is 2. The quantitative estimate of drug-likeness (QED) is 0.916. The normalized spacial score (nSPS) is 18.9. The lowest BCUT2D eigenvalue weighted by Crippen LogP contribution is -2.51. The molecule has 0 unspecified atom stereocenters. The summed E-state index contributed by atoms with van der Waals surface area (Å²) in [4.78, 5) is 33.1. The van der Waals surface area contributed by atoms with Crippen LogP contribution in [0.15, 0.2) is 18.3 Å². The molecular formula is C19H28N4O2.